The Bertz CT molecular complexity index is 1240. The molecular weight excluding hydrogens is 464 g/mol. The van der Waals surface area contributed by atoms with Gasteiger partial charge in [0.05, 0.1) is 23.3 Å². The Morgan fingerprint density at radius 3 is 2.49 bits per heavy atom. The van der Waals surface area contributed by atoms with Crippen molar-refractivity contribution in [2.75, 3.05) is 32.5 Å². The Morgan fingerprint density at radius 2 is 1.77 bits per heavy atom. The monoisotopic (exact) mass is 494 g/mol. The average molecular weight is 495 g/mol. The summed E-state index contributed by atoms with van der Waals surface area (Å²) in [5, 5.41) is 1.09. The Balaban J connectivity index is 1.53. The minimum absolute atomic E-state index is 0.0371. The largest absolute Gasteiger partial charge is 0.450 e. The highest BCUT2D eigenvalue weighted by Gasteiger charge is 2.28. The molecule has 2 amide bonds. The van der Waals surface area contributed by atoms with Crippen molar-refractivity contribution in [1.29, 1.82) is 0 Å². The second-order valence-electron chi connectivity index (χ2n) is 8.53. The van der Waals surface area contributed by atoms with Crippen LogP contribution < -0.4 is 5.56 Å². The third kappa shape index (κ3) is 5.85. The number of rotatable bonds is 7. The highest BCUT2D eigenvalue weighted by molar-refractivity contribution is 7.99. The predicted molar refractivity (Wildman–Crippen MR) is 137 cm³/mol. The van der Waals surface area contributed by atoms with Crippen LogP contribution in [-0.4, -0.2) is 63.8 Å². The van der Waals surface area contributed by atoms with E-state index in [0.29, 0.717) is 55.1 Å². The van der Waals surface area contributed by atoms with E-state index in [9.17, 15) is 14.4 Å². The summed E-state index contributed by atoms with van der Waals surface area (Å²) in [7, 11) is 1.78. The number of fused-ring (bicyclic) bond motifs is 1. The van der Waals surface area contributed by atoms with E-state index in [0.717, 1.165) is 5.56 Å². The van der Waals surface area contributed by atoms with Gasteiger partial charge in [0.15, 0.2) is 5.16 Å². The van der Waals surface area contributed by atoms with E-state index in [2.05, 4.69) is 0 Å². The molecule has 9 heteroatoms. The van der Waals surface area contributed by atoms with E-state index in [1.54, 1.807) is 34.4 Å². The molecule has 1 fully saturated rings. The molecule has 0 radical (unpaired) electrons. The molecular formula is C26H30N4O4S. The van der Waals surface area contributed by atoms with Crippen LogP contribution >= 0.6 is 11.8 Å². The van der Waals surface area contributed by atoms with Crippen LogP contribution in [0, 0.1) is 0 Å². The Hall–Kier alpha value is -3.33. The number of ether oxygens (including phenoxy) is 1. The van der Waals surface area contributed by atoms with Gasteiger partial charge in [-0.3, -0.25) is 14.2 Å². The van der Waals surface area contributed by atoms with Gasteiger partial charge in [-0.1, -0.05) is 54.2 Å². The smallest absolute Gasteiger partial charge is 0.409 e. The van der Waals surface area contributed by atoms with Gasteiger partial charge in [-0.05, 0) is 37.5 Å². The van der Waals surface area contributed by atoms with Crippen LogP contribution in [0.2, 0.25) is 0 Å². The van der Waals surface area contributed by atoms with Crippen LogP contribution in [0.25, 0.3) is 10.9 Å². The summed E-state index contributed by atoms with van der Waals surface area (Å²) in [4.78, 5) is 46.6. The second kappa shape index (κ2) is 11.4. The topological polar surface area (TPSA) is 84.7 Å². The third-order valence-electron chi connectivity index (χ3n) is 6.14. The normalized spacial score (nSPS) is 14.2. The third-order valence-corrected chi connectivity index (χ3v) is 7.08. The molecule has 35 heavy (non-hydrogen) atoms. The number of likely N-dealkylation sites (tertiary alicyclic amines) is 1. The van der Waals surface area contributed by atoms with Crippen LogP contribution in [-0.2, 0) is 16.1 Å². The molecule has 1 aliphatic heterocycles. The van der Waals surface area contributed by atoms with E-state index in [4.69, 9.17) is 9.72 Å². The molecule has 2 heterocycles. The van der Waals surface area contributed by atoms with Gasteiger partial charge in [-0.25, -0.2) is 9.78 Å². The molecule has 0 saturated carbocycles. The molecule has 1 saturated heterocycles. The maximum Gasteiger partial charge on any atom is 0.409 e. The summed E-state index contributed by atoms with van der Waals surface area (Å²) in [5.74, 6) is 0.139. The summed E-state index contributed by atoms with van der Waals surface area (Å²) in [5.41, 5.74) is 1.56. The highest BCUT2D eigenvalue weighted by Crippen LogP contribution is 2.28. The molecule has 0 spiro atoms. The maximum absolute atomic E-state index is 13.5. The lowest BCUT2D eigenvalue weighted by atomic mass is 10.0. The fourth-order valence-electron chi connectivity index (χ4n) is 4.25. The summed E-state index contributed by atoms with van der Waals surface area (Å²) in [6.45, 7) is 3.65. The van der Waals surface area contributed by atoms with E-state index in [1.807, 2.05) is 48.5 Å². The minimum Gasteiger partial charge on any atom is -0.450 e. The first-order chi connectivity index (χ1) is 17.0. The van der Waals surface area contributed by atoms with Crippen molar-refractivity contribution < 1.29 is 14.3 Å². The van der Waals surface area contributed by atoms with Crippen LogP contribution in [0.3, 0.4) is 0 Å². The van der Waals surface area contributed by atoms with Crippen molar-refractivity contribution in [3.8, 4) is 0 Å². The molecule has 0 atom stereocenters. The first-order valence-electron chi connectivity index (χ1n) is 11.8. The van der Waals surface area contributed by atoms with E-state index < -0.39 is 0 Å². The van der Waals surface area contributed by atoms with E-state index >= 15 is 0 Å². The van der Waals surface area contributed by atoms with Crippen molar-refractivity contribution in [3.63, 3.8) is 0 Å². The standard InChI is InChI=1S/C26H30N4O4S/c1-3-34-26(33)29-15-13-20(14-16-29)30-24(32)21-11-7-8-12-22(21)27-25(30)35-18-23(31)28(2)17-19-9-5-4-6-10-19/h4-12,20H,3,13-18H2,1-2H3. The van der Waals surface area contributed by atoms with Crippen molar-refractivity contribution in [3.05, 3.63) is 70.5 Å². The highest BCUT2D eigenvalue weighted by atomic mass is 32.2. The van der Waals surface area contributed by atoms with Gasteiger partial charge in [-0.15, -0.1) is 0 Å². The molecule has 0 unspecified atom stereocenters. The van der Waals surface area contributed by atoms with Crippen molar-refractivity contribution in [2.24, 2.45) is 0 Å². The van der Waals surface area contributed by atoms with Crippen molar-refractivity contribution in [2.45, 2.75) is 37.5 Å². The zero-order valence-electron chi connectivity index (χ0n) is 20.1. The molecule has 1 aliphatic rings. The molecule has 0 bridgehead atoms. The van der Waals surface area contributed by atoms with Gasteiger partial charge < -0.3 is 14.5 Å². The van der Waals surface area contributed by atoms with Gasteiger partial charge >= 0.3 is 6.09 Å². The van der Waals surface area contributed by atoms with Gasteiger partial charge in [0, 0.05) is 32.7 Å². The summed E-state index contributed by atoms with van der Waals surface area (Å²) >= 11 is 1.29. The average Bonchev–Trinajstić information content (AvgIpc) is 2.88. The lowest BCUT2D eigenvalue weighted by Crippen LogP contribution is -2.41. The zero-order chi connectivity index (χ0) is 24.8. The fourth-order valence-corrected chi connectivity index (χ4v) is 5.26. The molecule has 3 aromatic rings. The molecule has 0 aliphatic carbocycles. The van der Waals surface area contributed by atoms with Crippen LogP contribution in [0.5, 0.6) is 0 Å². The lowest BCUT2D eigenvalue weighted by Gasteiger charge is -2.33. The lowest BCUT2D eigenvalue weighted by molar-refractivity contribution is -0.127. The number of piperidine rings is 1. The number of aromatic nitrogens is 2. The number of carbonyl (C=O) groups is 2. The Morgan fingerprint density at radius 1 is 1.09 bits per heavy atom. The van der Waals surface area contributed by atoms with Crippen LogP contribution in [0.15, 0.2) is 64.5 Å². The van der Waals surface area contributed by atoms with E-state index in [1.165, 1.54) is 11.8 Å². The number of para-hydroxylation sites is 1. The summed E-state index contributed by atoms with van der Waals surface area (Å²) < 4.78 is 6.84. The van der Waals surface area contributed by atoms with Gasteiger partial charge in [0.2, 0.25) is 5.91 Å². The quantitative estimate of drug-likeness (QED) is 0.365. The molecule has 184 valence electrons. The summed E-state index contributed by atoms with van der Waals surface area (Å²) in [6.07, 6.45) is 0.916. The number of amides is 2. The van der Waals surface area contributed by atoms with Gasteiger partial charge in [0.1, 0.15) is 0 Å². The minimum atomic E-state index is -0.323. The van der Waals surface area contributed by atoms with Crippen LogP contribution in [0.4, 0.5) is 4.79 Å². The first-order valence-corrected chi connectivity index (χ1v) is 12.8. The molecule has 8 nitrogen and oxygen atoms in total. The number of hydrogen-bond acceptors (Lipinski definition) is 6. The SMILES string of the molecule is CCOC(=O)N1CCC(n2c(SCC(=O)N(C)Cc3ccccc3)nc3ccccc3c2=O)CC1. The van der Waals surface area contributed by atoms with Crippen molar-refractivity contribution >= 4 is 34.7 Å². The zero-order valence-corrected chi connectivity index (χ0v) is 20.9. The number of carbonyl (C=O) groups excluding carboxylic acids is 2. The predicted octanol–water partition coefficient (Wildman–Crippen LogP) is 3.94. The first kappa shape index (κ1) is 24.8. The molecule has 0 N–H and O–H groups in total. The molecule has 4 rings (SSSR count). The van der Waals surface area contributed by atoms with E-state index in [-0.39, 0.29) is 29.4 Å². The number of thioether (sulfide) groups is 1. The van der Waals surface area contributed by atoms with Crippen LogP contribution in [0.1, 0.15) is 31.4 Å². The second-order valence-corrected chi connectivity index (χ2v) is 9.47. The number of hydrogen-bond donors (Lipinski definition) is 0. The Labute approximate surface area is 208 Å². The molecule has 1 aromatic heterocycles. The van der Waals surface area contributed by atoms with Gasteiger partial charge in [-0.2, -0.15) is 0 Å². The van der Waals surface area contributed by atoms with Gasteiger partial charge in [0.25, 0.3) is 5.56 Å². The fraction of sp³-hybridized carbons (Fsp3) is 0.385. The number of benzene rings is 2. The number of nitrogens with zero attached hydrogens (tertiary/aromatic N) is 4. The Kier molecular flexibility index (Phi) is 8.07. The maximum atomic E-state index is 13.5. The summed E-state index contributed by atoms with van der Waals surface area (Å²) in [6, 6.07) is 17.0. The van der Waals surface area contributed by atoms with Crippen molar-refractivity contribution in [1.82, 2.24) is 19.4 Å². The molecule has 2 aromatic carbocycles.